The van der Waals surface area contributed by atoms with E-state index in [0.717, 1.165) is 5.82 Å². The molecule has 0 aliphatic heterocycles. The number of aromatic nitrogens is 2. The van der Waals surface area contributed by atoms with Crippen LogP contribution in [0, 0.1) is 3.57 Å². The maximum atomic E-state index is 4.26. The van der Waals surface area contributed by atoms with Crippen LogP contribution in [-0.4, -0.2) is 9.97 Å². The molecule has 4 heteroatoms. The van der Waals surface area contributed by atoms with Gasteiger partial charge in [0.15, 0.2) is 0 Å². The topological polar surface area (TPSA) is 40.7 Å². The summed E-state index contributed by atoms with van der Waals surface area (Å²) in [6.07, 6.45) is 3.63. The lowest BCUT2D eigenvalue weighted by molar-refractivity contribution is 0.479. The molecule has 0 fully saturated rings. The Morgan fingerprint density at radius 3 is 2.47 bits per heavy atom. The molecule has 1 aromatic carbocycles. The van der Waals surface area contributed by atoms with Gasteiger partial charge in [-0.1, -0.05) is 12.1 Å². The van der Waals surface area contributed by atoms with Gasteiger partial charge >= 0.3 is 0 Å². The second kappa shape index (κ2) is 5.64. The predicted molar refractivity (Wildman–Crippen MR) is 77.7 cm³/mol. The van der Waals surface area contributed by atoms with E-state index >= 15 is 0 Å². The molecule has 0 spiro atoms. The summed E-state index contributed by atoms with van der Waals surface area (Å²) in [6, 6.07) is 9.12. The fourth-order valence-electron chi connectivity index (χ4n) is 1.82. The Balaban J connectivity index is 2.01. The third-order valence-electron chi connectivity index (χ3n) is 2.80. The molecule has 0 radical (unpaired) electrons. The molecular weight excluding hydrogens is 325 g/mol. The van der Waals surface area contributed by atoms with E-state index in [4.69, 9.17) is 0 Å². The minimum Gasteiger partial charge on any atom is -0.347 e. The predicted octanol–water partition coefficient (Wildman–Crippen LogP) is 3.43. The molecule has 2 N–H and O–H groups in total. The summed E-state index contributed by atoms with van der Waals surface area (Å²) < 4.78 is 1.26. The third kappa shape index (κ3) is 3.29. The molecule has 3 nitrogen and oxygen atoms in total. The third-order valence-corrected chi connectivity index (χ3v) is 3.52. The fraction of sp³-hybridized carbons (Fsp3) is 0.308. The zero-order valence-electron chi connectivity index (χ0n) is 9.94. The highest BCUT2D eigenvalue weighted by molar-refractivity contribution is 14.1. The van der Waals surface area contributed by atoms with E-state index in [-0.39, 0.29) is 6.04 Å². The van der Waals surface area contributed by atoms with Crippen molar-refractivity contribution in [3.63, 3.8) is 0 Å². The van der Waals surface area contributed by atoms with E-state index in [1.54, 1.807) is 6.20 Å². The van der Waals surface area contributed by atoms with Crippen molar-refractivity contribution in [2.24, 2.45) is 0 Å². The first-order valence-electron chi connectivity index (χ1n) is 5.67. The van der Waals surface area contributed by atoms with Gasteiger partial charge in [0.2, 0.25) is 0 Å². The molecule has 2 aromatic rings. The molecule has 0 aliphatic rings. The van der Waals surface area contributed by atoms with Crippen LogP contribution >= 0.6 is 22.6 Å². The normalized spacial score (nSPS) is 14.5. The number of nitrogens with zero attached hydrogens (tertiary/aromatic N) is 1. The average molecular weight is 341 g/mol. The van der Waals surface area contributed by atoms with Gasteiger partial charge in [0.25, 0.3) is 0 Å². The number of hydrogen-bond acceptors (Lipinski definition) is 2. The molecule has 2 unspecified atom stereocenters. The van der Waals surface area contributed by atoms with Gasteiger partial charge in [-0.3, -0.25) is 0 Å². The van der Waals surface area contributed by atoms with E-state index in [2.05, 4.69) is 76.0 Å². The number of benzene rings is 1. The molecule has 1 aromatic heterocycles. The lowest BCUT2D eigenvalue weighted by Gasteiger charge is -2.19. The van der Waals surface area contributed by atoms with Crippen molar-refractivity contribution in [1.29, 1.82) is 0 Å². The molecule has 0 amide bonds. The van der Waals surface area contributed by atoms with Crippen LogP contribution in [0.25, 0.3) is 0 Å². The summed E-state index contributed by atoms with van der Waals surface area (Å²) >= 11 is 2.32. The van der Waals surface area contributed by atoms with Crippen molar-refractivity contribution in [2.75, 3.05) is 0 Å². The molecule has 1 heterocycles. The zero-order chi connectivity index (χ0) is 12.3. The van der Waals surface area contributed by atoms with Crippen LogP contribution in [0.3, 0.4) is 0 Å². The smallest absolute Gasteiger partial charge is 0.122 e. The van der Waals surface area contributed by atoms with Crippen molar-refractivity contribution >= 4 is 22.6 Å². The molecular formula is C13H16IN3. The first kappa shape index (κ1) is 12.6. The molecule has 90 valence electrons. The SMILES string of the molecule is CC(NC(C)c1ncc[nH]1)c1ccc(I)cc1. The zero-order valence-corrected chi connectivity index (χ0v) is 12.1. The van der Waals surface area contributed by atoms with Crippen molar-refractivity contribution in [3.05, 3.63) is 51.6 Å². The Labute approximate surface area is 115 Å². The Bertz CT molecular complexity index is 450. The minimum absolute atomic E-state index is 0.222. The number of nitrogens with one attached hydrogen (secondary N) is 2. The maximum absolute atomic E-state index is 4.26. The van der Waals surface area contributed by atoms with E-state index in [1.165, 1.54) is 9.13 Å². The largest absolute Gasteiger partial charge is 0.347 e. The fourth-order valence-corrected chi connectivity index (χ4v) is 2.18. The lowest BCUT2D eigenvalue weighted by Crippen LogP contribution is -2.23. The summed E-state index contributed by atoms with van der Waals surface area (Å²) in [5.74, 6) is 0.974. The number of H-pyrrole nitrogens is 1. The van der Waals surface area contributed by atoms with Crippen molar-refractivity contribution < 1.29 is 0 Å². The maximum Gasteiger partial charge on any atom is 0.122 e. The van der Waals surface area contributed by atoms with Crippen LogP contribution < -0.4 is 5.32 Å². The first-order chi connectivity index (χ1) is 8.16. The van der Waals surface area contributed by atoms with Gasteiger partial charge in [-0.2, -0.15) is 0 Å². The van der Waals surface area contributed by atoms with Gasteiger partial charge in [-0.25, -0.2) is 4.98 Å². The first-order valence-corrected chi connectivity index (χ1v) is 6.75. The van der Waals surface area contributed by atoms with Gasteiger partial charge in [-0.05, 0) is 54.1 Å². The molecule has 17 heavy (non-hydrogen) atoms. The quantitative estimate of drug-likeness (QED) is 0.837. The van der Waals surface area contributed by atoms with Crippen molar-refractivity contribution in [1.82, 2.24) is 15.3 Å². The Morgan fingerprint density at radius 1 is 1.18 bits per heavy atom. The second-order valence-corrected chi connectivity index (χ2v) is 5.38. The standard InChI is InChI=1S/C13H16IN3/c1-9(11-3-5-12(14)6-4-11)17-10(2)13-15-7-8-16-13/h3-10,17H,1-2H3,(H,15,16). The average Bonchev–Trinajstić information content (AvgIpc) is 2.83. The minimum atomic E-state index is 0.222. The molecule has 2 atom stereocenters. The van der Waals surface area contributed by atoms with Crippen LogP contribution in [0.1, 0.15) is 37.3 Å². The van der Waals surface area contributed by atoms with Gasteiger partial charge in [-0.15, -0.1) is 0 Å². The Morgan fingerprint density at radius 2 is 1.88 bits per heavy atom. The summed E-state index contributed by atoms with van der Waals surface area (Å²) in [5, 5.41) is 3.52. The molecule has 0 aliphatic carbocycles. The summed E-state index contributed by atoms with van der Waals surface area (Å²) in [6.45, 7) is 4.28. The molecule has 0 saturated heterocycles. The van der Waals surface area contributed by atoms with E-state index in [9.17, 15) is 0 Å². The van der Waals surface area contributed by atoms with Gasteiger partial charge in [0, 0.05) is 22.0 Å². The monoisotopic (exact) mass is 341 g/mol. The highest BCUT2D eigenvalue weighted by Gasteiger charge is 2.12. The highest BCUT2D eigenvalue weighted by Crippen LogP contribution is 2.18. The lowest BCUT2D eigenvalue weighted by atomic mass is 10.1. The summed E-state index contributed by atoms with van der Waals surface area (Å²) in [7, 11) is 0. The number of halogens is 1. The number of aromatic amines is 1. The van der Waals surface area contributed by atoms with Crippen LogP contribution in [-0.2, 0) is 0 Å². The van der Waals surface area contributed by atoms with Gasteiger partial charge in [0.1, 0.15) is 5.82 Å². The van der Waals surface area contributed by atoms with Crippen LogP contribution in [0.2, 0.25) is 0 Å². The summed E-state index contributed by atoms with van der Waals surface area (Å²) in [4.78, 5) is 7.39. The van der Waals surface area contributed by atoms with Crippen LogP contribution in [0.15, 0.2) is 36.7 Å². The molecule has 2 rings (SSSR count). The van der Waals surface area contributed by atoms with Gasteiger partial charge in [0.05, 0.1) is 6.04 Å². The molecule has 0 bridgehead atoms. The highest BCUT2D eigenvalue weighted by atomic mass is 127. The number of imidazole rings is 1. The van der Waals surface area contributed by atoms with E-state index in [1.807, 2.05) is 6.20 Å². The van der Waals surface area contributed by atoms with Crippen molar-refractivity contribution in [3.8, 4) is 0 Å². The van der Waals surface area contributed by atoms with E-state index < -0.39 is 0 Å². The Hall–Kier alpha value is -0.880. The second-order valence-electron chi connectivity index (χ2n) is 4.14. The summed E-state index contributed by atoms with van der Waals surface area (Å²) in [5.41, 5.74) is 1.30. The van der Waals surface area contributed by atoms with E-state index in [0.29, 0.717) is 6.04 Å². The van der Waals surface area contributed by atoms with Crippen LogP contribution in [0.5, 0.6) is 0 Å². The molecule has 0 saturated carbocycles. The van der Waals surface area contributed by atoms with Crippen LogP contribution in [0.4, 0.5) is 0 Å². The van der Waals surface area contributed by atoms with Crippen molar-refractivity contribution in [2.45, 2.75) is 25.9 Å². The Kier molecular flexibility index (Phi) is 4.17. The number of hydrogen-bond donors (Lipinski definition) is 2. The number of rotatable bonds is 4. The van der Waals surface area contributed by atoms with Gasteiger partial charge < -0.3 is 10.3 Å².